The van der Waals surface area contributed by atoms with Gasteiger partial charge in [0.15, 0.2) is 0 Å². The van der Waals surface area contributed by atoms with Crippen molar-refractivity contribution in [2.45, 2.75) is 0 Å². The van der Waals surface area contributed by atoms with Gasteiger partial charge in [0.2, 0.25) is 0 Å². The second kappa shape index (κ2) is 6.05. The van der Waals surface area contributed by atoms with Gasteiger partial charge in [-0.3, -0.25) is 4.98 Å². The molecule has 0 spiro atoms. The number of nitrogens with one attached hydrogen (secondary N) is 1. The molecule has 3 nitrogen and oxygen atoms in total. The van der Waals surface area contributed by atoms with E-state index in [-0.39, 0.29) is 0 Å². The Labute approximate surface area is 151 Å². The fourth-order valence-electron chi connectivity index (χ4n) is 3.45. The molecule has 5 aromatic rings. The molecular formula is C23H17N3. The predicted molar refractivity (Wildman–Crippen MR) is 108 cm³/mol. The summed E-state index contributed by atoms with van der Waals surface area (Å²) in [5, 5.41) is 1.14. The van der Waals surface area contributed by atoms with Gasteiger partial charge in [-0.2, -0.15) is 0 Å². The highest BCUT2D eigenvalue weighted by molar-refractivity contribution is 6.06. The normalized spacial score (nSPS) is 11.1. The maximum absolute atomic E-state index is 4.52. The van der Waals surface area contributed by atoms with Crippen molar-refractivity contribution in [2.24, 2.45) is 0 Å². The molecule has 2 aromatic heterocycles. The number of hydrogen-bond acceptors (Lipinski definition) is 2. The summed E-state index contributed by atoms with van der Waals surface area (Å²) in [6.07, 6.45) is 1.84. The third-order valence-electron chi connectivity index (χ3n) is 4.62. The van der Waals surface area contributed by atoms with E-state index in [0.717, 1.165) is 39.0 Å². The number of pyridine rings is 1. The molecule has 0 saturated heterocycles. The molecule has 0 aliphatic carbocycles. The van der Waals surface area contributed by atoms with Gasteiger partial charge in [-0.05, 0) is 54.6 Å². The zero-order valence-corrected chi connectivity index (χ0v) is 14.1. The lowest BCUT2D eigenvalue weighted by molar-refractivity contribution is 1.29. The number of nitrogens with zero attached hydrogens (tertiary/aromatic N) is 2. The number of fused-ring (bicyclic) bond motifs is 3. The van der Waals surface area contributed by atoms with Crippen LogP contribution in [0.1, 0.15) is 0 Å². The highest BCUT2D eigenvalue weighted by Crippen LogP contribution is 2.36. The first-order chi connectivity index (χ1) is 12.9. The van der Waals surface area contributed by atoms with Crippen molar-refractivity contribution in [3.63, 3.8) is 0 Å². The van der Waals surface area contributed by atoms with Crippen LogP contribution < -0.4 is 4.90 Å². The molecule has 0 bridgehead atoms. The molecule has 5 rings (SSSR count). The van der Waals surface area contributed by atoms with Crippen molar-refractivity contribution in [1.29, 1.82) is 0 Å². The first kappa shape index (κ1) is 14.7. The Morgan fingerprint density at radius 3 is 2.00 bits per heavy atom. The van der Waals surface area contributed by atoms with Crippen LogP contribution in [-0.4, -0.2) is 9.97 Å². The molecule has 0 fully saturated rings. The van der Waals surface area contributed by atoms with Crippen LogP contribution in [0.25, 0.3) is 21.9 Å². The quantitative estimate of drug-likeness (QED) is 0.426. The minimum Gasteiger partial charge on any atom is -0.353 e. The van der Waals surface area contributed by atoms with Crippen LogP contribution in [0.5, 0.6) is 0 Å². The summed E-state index contributed by atoms with van der Waals surface area (Å²) in [6, 6.07) is 31.4. The number of para-hydroxylation sites is 2. The van der Waals surface area contributed by atoms with Crippen LogP contribution in [0.3, 0.4) is 0 Å². The van der Waals surface area contributed by atoms with Crippen molar-refractivity contribution in [3.05, 3.63) is 97.2 Å². The van der Waals surface area contributed by atoms with Crippen LogP contribution >= 0.6 is 0 Å². The summed E-state index contributed by atoms with van der Waals surface area (Å²) in [4.78, 5) is 10.3. The molecule has 1 N–H and O–H groups in total. The Bertz CT molecular complexity index is 1140. The van der Waals surface area contributed by atoms with Crippen LogP contribution in [0.4, 0.5) is 17.1 Å². The number of aromatic amines is 1. The minimum atomic E-state index is 1.01. The molecule has 2 heterocycles. The average molecular weight is 335 g/mol. The molecule has 0 amide bonds. The van der Waals surface area contributed by atoms with Crippen LogP contribution in [0.2, 0.25) is 0 Å². The van der Waals surface area contributed by atoms with E-state index in [1.165, 1.54) is 0 Å². The SMILES string of the molecule is c1ccc(N(c2ccccc2)c2ccc3c(c2)[nH]c2cccnc23)cc1. The van der Waals surface area contributed by atoms with Crippen molar-refractivity contribution < 1.29 is 0 Å². The van der Waals surface area contributed by atoms with E-state index in [1.54, 1.807) is 0 Å². The van der Waals surface area contributed by atoms with E-state index in [9.17, 15) is 0 Å². The van der Waals surface area contributed by atoms with Gasteiger partial charge in [0.1, 0.15) is 0 Å². The van der Waals surface area contributed by atoms with Gasteiger partial charge in [0.25, 0.3) is 0 Å². The Hall–Kier alpha value is -3.59. The lowest BCUT2D eigenvalue weighted by Gasteiger charge is -2.25. The molecule has 0 unspecified atom stereocenters. The first-order valence-electron chi connectivity index (χ1n) is 8.67. The molecule has 3 heteroatoms. The Kier molecular flexibility index (Phi) is 3.42. The van der Waals surface area contributed by atoms with Crippen LogP contribution in [0.15, 0.2) is 97.2 Å². The monoisotopic (exact) mass is 335 g/mol. The van der Waals surface area contributed by atoms with E-state index < -0.39 is 0 Å². The second-order valence-electron chi connectivity index (χ2n) is 6.26. The highest BCUT2D eigenvalue weighted by atomic mass is 15.1. The molecule has 0 radical (unpaired) electrons. The van der Waals surface area contributed by atoms with Gasteiger partial charge in [-0.1, -0.05) is 36.4 Å². The summed E-state index contributed by atoms with van der Waals surface area (Å²) in [5.74, 6) is 0. The number of benzene rings is 3. The summed E-state index contributed by atoms with van der Waals surface area (Å²) >= 11 is 0. The van der Waals surface area contributed by atoms with E-state index in [4.69, 9.17) is 0 Å². The zero-order chi connectivity index (χ0) is 17.3. The average Bonchev–Trinajstić information content (AvgIpc) is 3.08. The molecule has 0 atom stereocenters. The van der Waals surface area contributed by atoms with Gasteiger partial charge in [0, 0.05) is 28.6 Å². The van der Waals surface area contributed by atoms with Crippen LogP contribution in [-0.2, 0) is 0 Å². The fourth-order valence-corrected chi connectivity index (χ4v) is 3.45. The number of H-pyrrole nitrogens is 1. The second-order valence-corrected chi connectivity index (χ2v) is 6.26. The smallest absolute Gasteiger partial charge is 0.0957 e. The number of aromatic nitrogens is 2. The lowest BCUT2D eigenvalue weighted by atomic mass is 10.1. The Morgan fingerprint density at radius 2 is 1.31 bits per heavy atom. The highest BCUT2D eigenvalue weighted by Gasteiger charge is 2.13. The van der Waals surface area contributed by atoms with Crippen molar-refractivity contribution in [2.75, 3.05) is 4.90 Å². The summed E-state index contributed by atoms with van der Waals surface area (Å²) in [6.45, 7) is 0. The van der Waals surface area contributed by atoms with Gasteiger partial charge >= 0.3 is 0 Å². The van der Waals surface area contributed by atoms with E-state index in [0.29, 0.717) is 0 Å². The first-order valence-corrected chi connectivity index (χ1v) is 8.67. The lowest BCUT2D eigenvalue weighted by Crippen LogP contribution is -2.09. The molecule has 26 heavy (non-hydrogen) atoms. The topological polar surface area (TPSA) is 31.9 Å². The van der Waals surface area contributed by atoms with Crippen molar-refractivity contribution >= 4 is 39.0 Å². The summed E-state index contributed by atoms with van der Waals surface area (Å²) < 4.78 is 0. The standard InChI is InChI=1S/C23H17N3/c1-3-8-17(9-4-1)26(18-10-5-2-6-11-18)19-13-14-20-22(16-19)25-21-12-7-15-24-23(20)21/h1-16,25H. The Balaban J connectivity index is 1.72. The fraction of sp³-hybridized carbons (Fsp3) is 0. The van der Waals surface area contributed by atoms with E-state index >= 15 is 0 Å². The van der Waals surface area contributed by atoms with Crippen LogP contribution in [0, 0.1) is 0 Å². The third-order valence-corrected chi connectivity index (χ3v) is 4.62. The van der Waals surface area contributed by atoms with E-state index in [1.807, 2.05) is 24.4 Å². The number of anilines is 3. The van der Waals surface area contributed by atoms with Gasteiger partial charge in [0.05, 0.1) is 16.6 Å². The molecule has 0 aliphatic heterocycles. The van der Waals surface area contributed by atoms with E-state index in [2.05, 4.69) is 87.7 Å². The van der Waals surface area contributed by atoms with Crippen molar-refractivity contribution in [1.82, 2.24) is 9.97 Å². The Morgan fingerprint density at radius 1 is 0.615 bits per heavy atom. The summed E-state index contributed by atoms with van der Waals surface area (Å²) in [5.41, 5.74) is 6.54. The maximum atomic E-state index is 4.52. The van der Waals surface area contributed by atoms with Gasteiger partial charge in [-0.15, -0.1) is 0 Å². The number of hydrogen-bond donors (Lipinski definition) is 1. The van der Waals surface area contributed by atoms with Crippen molar-refractivity contribution in [3.8, 4) is 0 Å². The molecule has 0 saturated carbocycles. The molecule has 3 aromatic carbocycles. The molecule has 0 aliphatic rings. The molecule has 124 valence electrons. The summed E-state index contributed by atoms with van der Waals surface area (Å²) in [7, 11) is 0. The molecular weight excluding hydrogens is 318 g/mol. The predicted octanol–water partition coefficient (Wildman–Crippen LogP) is 6.19. The largest absolute Gasteiger partial charge is 0.353 e. The zero-order valence-electron chi connectivity index (χ0n) is 14.1. The third kappa shape index (κ3) is 2.42. The van der Waals surface area contributed by atoms with Gasteiger partial charge in [-0.25, -0.2) is 0 Å². The maximum Gasteiger partial charge on any atom is 0.0957 e. The van der Waals surface area contributed by atoms with Gasteiger partial charge < -0.3 is 9.88 Å². The number of rotatable bonds is 3. The minimum absolute atomic E-state index is 1.01.